The molecule has 2 N–H and O–H groups in total. The van der Waals surface area contributed by atoms with Crippen molar-refractivity contribution in [3.05, 3.63) is 70.2 Å². The molecular weight excluding hydrogens is 438 g/mol. The van der Waals surface area contributed by atoms with E-state index in [-0.39, 0.29) is 29.7 Å². The van der Waals surface area contributed by atoms with E-state index in [1.165, 1.54) is 0 Å². The molecule has 0 bridgehead atoms. The molecule has 2 aromatic rings. The third-order valence-electron chi connectivity index (χ3n) is 6.27. The Hall–Kier alpha value is -2.86. The fourth-order valence-electron chi connectivity index (χ4n) is 3.97. The predicted molar refractivity (Wildman–Crippen MR) is 130 cm³/mol. The maximum Gasteiger partial charge on any atom is 0.253 e. The summed E-state index contributed by atoms with van der Waals surface area (Å²) in [6.45, 7) is 6.97. The molecule has 1 heterocycles. The summed E-state index contributed by atoms with van der Waals surface area (Å²) in [7, 11) is 0. The SMILES string of the molecule is CC[C@H](C)NC(=O)[C@H](NC(=O)c1ccc(C)cc1)C1CCN(C(=O)c2ccc(Cl)cc2)CC1. The first kappa shape index (κ1) is 24.8. The van der Waals surface area contributed by atoms with Gasteiger partial charge in [-0.1, -0.05) is 36.2 Å². The van der Waals surface area contributed by atoms with Crippen LogP contribution in [0.3, 0.4) is 0 Å². The minimum atomic E-state index is -0.652. The summed E-state index contributed by atoms with van der Waals surface area (Å²) in [5.41, 5.74) is 2.18. The third-order valence-corrected chi connectivity index (χ3v) is 6.53. The Morgan fingerprint density at radius 3 is 2.12 bits per heavy atom. The lowest BCUT2D eigenvalue weighted by Gasteiger charge is -2.36. The number of rotatable bonds is 7. The number of hydrogen-bond acceptors (Lipinski definition) is 3. The molecule has 176 valence electrons. The number of nitrogens with one attached hydrogen (secondary N) is 2. The zero-order valence-corrected chi connectivity index (χ0v) is 20.2. The first-order valence-electron chi connectivity index (χ1n) is 11.5. The van der Waals surface area contributed by atoms with Gasteiger partial charge in [-0.25, -0.2) is 0 Å². The molecular formula is C26H32ClN3O3. The molecule has 2 atom stereocenters. The number of aryl methyl sites for hydroxylation is 1. The summed E-state index contributed by atoms with van der Waals surface area (Å²) >= 11 is 5.93. The number of hydrogen-bond donors (Lipinski definition) is 2. The molecule has 1 saturated heterocycles. The quantitative estimate of drug-likeness (QED) is 0.637. The first-order chi connectivity index (χ1) is 15.8. The van der Waals surface area contributed by atoms with Gasteiger partial charge in [0.15, 0.2) is 0 Å². The molecule has 3 amide bonds. The fraction of sp³-hybridized carbons (Fsp3) is 0.423. The second-order valence-electron chi connectivity index (χ2n) is 8.77. The average molecular weight is 470 g/mol. The molecule has 0 aromatic heterocycles. The largest absolute Gasteiger partial charge is 0.352 e. The molecule has 3 rings (SSSR count). The lowest BCUT2D eigenvalue weighted by Crippen LogP contribution is -2.55. The number of halogens is 1. The van der Waals surface area contributed by atoms with Gasteiger partial charge in [0.05, 0.1) is 0 Å². The van der Waals surface area contributed by atoms with Crippen molar-refractivity contribution in [1.82, 2.24) is 15.5 Å². The molecule has 7 heteroatoms. The van der Waals surface area contributed by atoms with Crippen molar-refractivity contribution in [2.24, 2.45) is 5.92 Å². The summed E-state index contributed by atoms with van der Waals surface area (Å²) in [6.07, 6.45) is 2.07. The van der Waals surface area contributed by atoms with E-state index in [2.05, 4.69) is 10.6 Å². The summed E-state index contributed by atoms with van der Waals surface area (Å²) < 4.78 is 0. The molecule has 33 heavy (non-hydrogen) atoms. The van der Waals surface area contributed by atoms with Gasteiger partial charge < -0.3 is 15.5 Å². The van der Waals surface area contributed by atoms with Crippen LogP contribution in [0, 0.1) is 12.8 Å². The second-order valence-corrected chi connectivity index (χ2v) is 9.21. The highest BCUT2D eigenvalue weighted by atomic mass is 35.5. The van der Waals surface area contributed by atoms with Crippen LogP contribution in [0.4, 0.5) is 0 Å². The van der Waals surface area contributed by atoms with Crippen molar-refractivity contribution in [3.63, 3.8) is 0 Å². The highest BCUT2D eigenvalue weighted by molar-refractivity contribution is 6.30. The number of nitrogens with zero attached hydrogens (tertiary/aromatic N) is 1. The van der Waals surface area contributed by atoms with E-state index in [0.29, 0.717) is 42.1 Å². The summed E-state index contributed by atoms with van der Waals surface area (Å²) in [5.74, 6) is -0.543. The van der Waals surface area contributed by atoms with Crippen molar-refractivity contribution in [2.75, 3.05) is 13.1 Å². The third kappa shape index (κ3) is 6.57. The summed E-state index contributed by atoms with van der Waals surface area (Å²) in [5, 5.41) is 6.56. The number of amides is 3. The van der Waals surface area contributed by atoms with Crippen LogP contribution in [0.25, 0.3) is 0 Å². The molecule has 0 unspecified atom stereocenters. The van der Waals surface area contributed by atoms with Gasteiger partial charge in [0.2, 0.25) is 5.91 Å². The van der Waals surface area contributed by atoms with E-state index in [4.69, 9.17) is 11.6 Å². The number of likely N-dealkylation sites (tertiary alicyclic amines) is 1. The van der Waals surface area contributed by atoms with Gasteiger partial charge in [0, 0.05) is 35.3 Å². The number of benzene rings is 2. The first-order valence-corrected chi connectivity index (χ1v) is 11.9. The lowest BCUT2D eigenvalue weighted by molar-refractivity contribution is -0.125. The smallest absolute Gasteiger partial charge is 0.253 e. The van der Waals surface area contributed by atoms with Crippen LogP contribution in [0.15, 0.2) is 48.5 Å². The van der Waals surface area contributed by atoms with Gasteiger partial charge in [-0.2, -0.15) is 0 Å². The van der Waals surface area contributed by atoms with Crippen LogP contribution >= 0.6 is 11.6 Å². The van der Waals surface area contributed by atoms with Gasteiger partial charge in [-0.05, 0) is 75.4 Å². The van der Waals surface area contributed by atoms with Crippen LogP contribution in [0.1, 0.15) is 59.4 Å². The highest BCUT2D eigenvalue weighted by Gasteiger charge is 2.34. The number of piperidine rings is 1. The molecule has 1 aliphatic heterocycles. The predicted octanol–water partition coefficient (Wildman–Crippen LogP) is 4.21. The van der Waals surface area contributed by atoms with Crippen LogP contribution in [0.2, 0.25) is 5.02 Å². The molecule has 1 fully saturated rings. The molecule has 0 spiro atoms. The van der Waals surface area contributed by atoms with Gasteiger partial charge in [-0.15, -0.1) is 0 Å². The zero-order valence-electron chi connectivity index (χ0n) is 19.4. The molecule has 0 saturated carbocycles. The van der Waals surface area contributed by atoms with Gasteiger partial charge in [0.25, 0.3) is 11.8 Å². The van der Waals surface area contributed by atoms with Crippen molar-refractivity contribution >= 4 is 29.3 Å². The van der Waals surface area contributed by atoms with Gasteiger partial charge >= 0.3 is 0 Å². The molecule has 2 aromatic carbocycles. The Bertz CT molecular complexity index is 967. The van der Waals surface area contributed by atoms with Gasteiger partial charge in [0.1, 0.15) is 6.04 Å². The Labute approximate surface area is 200 Å². The van der Waals surface area contributed by atoms with E-state index in [0.717, 1.165) is 12.0 Å². The number of carbonyl (C=O) groups excluding carboxylic acids is 3. The van der Waals surface area contributed by atoms with Crippen molar-refractivity contribution in [1.29, 1.82) is 0 Å². The Kier molecular flexibility index (Phi) is 8.50. The minimum absolute atomic E-state index is 0.0165. The van der Waals surface area contributed by atoms with Gasteiger partial charge in [-0.3, -0.25) is 14.4 Å². The highest BCUT2D eigenvalue weighted by Crippen LogP contribution is 2.23. The fourth-order valence-corrected chi connectivity index (χ4v) is 4.10. The lowest BCUT2D eigenvalue weighted by atomic mass is 9.88. The zero-order chi connectivity index (χ0) is 24.0. The topological polar surface area (TPSA) is 78.5 Å². The Morgan fingerprint density at radius 2 is 1.55 bits per heavy atom. The normalized spacial score (nSPS) is 16.1. The van der Waals surface area contributed by atoms with Crippen LogP contribution in [-0.4, -0.2) is 47.8 Å². The molecule has 1 aliphatic rings. The second kappa shape index (κ2) is 11.3. The van der Waals surface area contributed by atoms with Crippen LogP contribution in [0.5, 0.6) is 0 Å². The van der Waals surface area contributed by atoms with E-state index >= 15 is 0 Å². The van der Waals surface area contributed by atoms with Crippen molar-refractivity contribution < 1.29 is 14.4 Å². The van der Waals surface area contributed by atoms with Crippen molar-refractivity contribution in [2.45, 2.75) is 52.1 Å². The van der Waals surface area contributed by atoms with Crippen LogP contribution in [-0.2, 0) is 4.79 Å². The number of carbonyl (C=O) groups is 3. The molecule has 6 nitrogen and oxygen atoms in total. The van der Waals surface area contributed by atoms with E-state index in [9.17, 15) is 14.4 Å². The van der Waals surface area contributed by atoms with E-state index in [1.54, 1.807) is 41.3 Å². The monoisotopic (exact) mass is 469 g/mol. The Balaban J connectivity index is 1.69. The summed E-state index contributed by atoms with van der Waals surface area (Å²) in [6, 6.07) is 13.5. The standard InChI is InChI=1S/C26H32ClN3O3/c1-4-18(3)28-25(32)23(29-24(31)20-7-5-17(2)6-8-20)19-13-15-30(16-14-19)26(33)21-9-11-22(27)12-10-21/h5-12,18-19,23H,4,13-16H2,1-3H3,(H,28,32)(H,29,31)/t18-,23+/m0/s1. The van der Waals surface area contributed by atoms with Crippen molar-refractivity contribution in [3.8, 4) is 0 Å². The minimum Gasteiger partial charge on any atom is -0.352 e. The summed E-state index contributed by atoms with van der Waals surface area (Å²) in [4.78, 5) is 40.6. The molecule has 0 radical (unpaired) electrons. The molecule has 0 aliphatic carbocycles. The maximum absolute atomic E-state index is 13.1. The van der Waals surface area contributed by atoms with E-state index < -0.39 is 6.04 Å². The van der Waals surface area contributed by atoms with E-state index in [1.807, 2.05) is 32.9 Å². The Morgan fingerprint density at radius 1 is 0.970 bits per heavy atom. The maximum atomic E-state index is 13.1. The average Bonchev–Trinajstić information content (AvgIpc) is 2.82. The van der Waals surface area contributed by atoms with Crippen LogP contribution < -0.4 is 10.6 Å².